The fraction of sp³-hybridized carbons (Fsp3) is 0.278. The second kappa shape index (κ2) is 7.45. The average Bonchev–Trinajstić information content (AvgIpc) is 2.54. The van der Waals surface area contributed by atoms with E-state index in [1.165, 1.54) is 0 Å². The molecule has 0 spiro atoms. The van der Waals surface area contributed by atoms with Crippen molar-refractivity contribution in [3.63, 3.8) is 0 Å². The van der Waals surface area contributed by atoms with E-state index in [1.807, 2.05) is 75.5 Å². The maximum atomic E-state index is 12.4. The molecule has 0 bridgehead atoms. The summed E-state index contributed by atoms with van der Waals surface area (Å²) in [6, 6.07) is 17.9. The zero-order valence-electron chi connectivity index (χ0n) is 13.1. The topological polar surface area (TPSA) is 32.3 Å². The predicted molar refractivity (Wildman–Crippen MR) is 93.7 cm³/mol. The maximum absolute atomic E-state index is 12.4. The van der Waals surface area contributed by atoms with Gasteiger partial charge in [0.1, 0.15) is 0 Å². The van der Waals surface area contributed by atoms with E-state index < -0.39 is 0 Å². The molecule has 116 valence electrons. The van der Waals surface area contributed by atoms with Crippen LogP contribution >= 0.6 is 15.9 Å². The van der Waals surface area contributed by atoms with Gasteiger partial charge in [0.25, 0.3) is 0 Å². The summed E-state index contributed by atoms with van der Waals surface area (Å²) in [7, 11) is 1.82. The van der Waals surface area contributed by atoms with Gasteiger partial charge in [-0.05, 0) is 37.1 Å². The Bertz CT molecular complexity index is 630. The summed E-state index contributed by atoms with van der Waals surface area (Å²) in [5.74, 6) is 0. The highest BCUT2D eigenvalue weighted by Gasteiger charge is 2.19. The first-order valence-electron chi connectivity index (χ1n) is 7.32. The van der Waals surface area contributed by atoms with E-state index in [-0.39, 0.29) is 18.1 Å². The molecule has 22 heavy (non-hydrogen) atoms. The van der Waals surface area contributed by atoms with Crippen molar-refractivity contribution in [1.29, 1.82) is 0 Å². The molecule has 1 N–H and O–H groups in total. The van der Waals surface area contributed by atoms with Gasteiger partial charge in [0.15, 0.2) is 0 Å². The Kier molecular flexibility index (Phi) is 5.61. The molecule has 0 heterocycles. The number of nitrogens with zero attached hydrogens (tertiary/aromatic N) is 1. The Morgan fingerprint density at radius 1 is 1.05 bits per heavy atom. The van der Waals surface area contributed by atoms with Crippen molar-refractivity contribution < 1.29 is 4.79 Å². The van der Waals surface area contributed by atoms with Crippen molar-refractivity contribution in [2.24, 2.45) is 0 Å². The lowest BCUT2D eigenvalue weighted by Crippen LogP contribution is -2.39. The van der Waals surface area contributed by atoms with E-state index in [9.17, 15) is 4.79 Å². The third-order valence-corrected chi connectivity index (χ3v) is 4.37. The molecular weight excluding hydrogens is 340 g/mol. The number of halogens is 1. The highest BCUT2D eigenvalue weighted by atomic mass is 79.9. The molecule has 4 heteroatoms. The van der Waals surface area contributed by atoms with Crippen LogP contribution in [0.1, 0.15) is 37.1 Å². The summed E-state index contributed by atoms with van der Waals surface area (Å²) < 4.78 is 1.01. The van der Waals surface area contributed by atoms with Crippen LogP contribution in [0.4, 0.5) is 4.79 Å². The second-order valence-corrected chi connectivity index (χ2v) is 6.34. The fourth-order valence-electron chi connectivity index (χ4n) is 2.28. The first-order valence-corrected chi connectivity index (χ1v) is 8.12. The van der Waals surface area contributed by atoms with Gasteiger partial charge in [-0.3, -0.25) is 0 Å². The summed E-state index contributed by atoms with van der Waals surface area (Å²) in [6.07, 6.45) is 0. The van der Waals surface area contributed by atoms with Crippen LogP contribution < -0.4 is 5.32 Å². The first kappa shape index (κ1) is 16.6. The van der Waals surface area contributed by atoms with E-state index in [4.69, 9.17) is 0 Å². The lowest BCUT2D eigenvalue weighted by Gasteiger charge is -2.27. The van der Waals surface area contributed by atoms with Crippen LogP contribution in [0, 0.1) is 0 Å². The zero-order chi connectivity index (χ0) is 16.1. The summed E-state index contributed by atoms with van der Waals surface area (Å²) in [4.78, 5) is 14.2. The second-order valence-electron chi connectivity index (χ2n) is 5.42. The van der Waals surface area contributed by atoms with Gasteiger partial charge >= 0.3 is 6.03 Å². The van der Waals surface area contributed by atoms with Crippen LogP contribution in [0.2, 0.25) is 0 Å². The van der Waals surface area contributed by atoms with Gasteiger partial charge in [-0.15, -0.1) is 0 Å². The van der Waals surface area contributed by atoms with Gasteiger partial charge in [0.2, 0.25) is 0 Å². The van der Waals surface area contributed by atoms with E-state index >= 15 is 0 Å². The van der Waals surface area contributed by atoms with E-state index in [1.54, 1.807) is 4.90 Å². The fourth-order valence-corrected chi connectivity index (χ4v) is 2.69. The predicted octanol–water partition coefficient (Wildman–Crippen LogP) is 4.91. The molecule has 2 aromatic rings. The maximum Gasteiger partial charge on any atom is 0.318 e. The number of hydrogen-bond acceptors (Lipinski definition) is 1. The van der Waals surface area contributed by atoms with E-state index in [2.05, 4.69) is 21.2 Å². The Balaban J connectivity index is 2.02. The lowest BCUT2D eigenvalue weighted by atomic mass is 10.1. The number of benzene rings is 2. The number of amides is 2. The summed E-state index contributed by atoms with van der Waals surface area (Å²) in [5, 5.41) is 3.04. The highest BCUT2D eigenvalue weighted by Crippen LogP contribution is 2.21. The van der Waals surface area contributed by atoms with E-state index in [0.29, 0.717) is 0 Å². The van der Waals surface area contributed by atoms with Crippen LogP contribution in [0.15, 0.2) is 59.1 Å². The van der Waals surface area contributed by atoms with Crippen LogP contribution in [-0.4, -0.2) is 18.0 Å². The molecule has 2 rings (SSSR count). The van der Waals surface area contributed by atoms with Gasteiger partial charge in [-0.25, -0.2) is 4.79 Å². The quantitative estimate of drug-likeness (QED) is 0.824. The summed E-state index contributed by atoms with van der Waals surface area (Å²) >= 11 is 3.46. The van der Waals surface area contributed by atoms with Crippen molar-refractivity contribution in [1.82, 2.24) is 10.2 Å². The number of nitrogens with one attached hydrogen (secondary N) is 1. The number of carbonyl (C=O) groups excluding carboxylic acids is 1. The van der Waals surface area contributed by atoms with Crippen LogP contribution in [-0.2, 0) is 0 Å². The van der Waals surface area contributed by atoms with Gasteiger partial charge in [0.05, 0.1) is 12.1 Å². The number of urea groups is 1. The Morgan fingerprint density at radius 3 is 2.32 bits per heavy atom. The molecule has 0 unspecified atom stereocenters. The van der Waals surface area contributed by atoms with Crippen LogP contribution in [0.3, 0.4) is 0 Å². The molecule has 0 saturated carbocycles. The van der Waals surface area contributed by atoms with Crippen molar-refractivity contribution >= 4 is 22.0 Å². The first-order chi connectivity index (χ1) is 10.5. The standard InChI is InChI=1S/C18H21BrN2O/c1-13(16-10-7-11-17(19)12-16)20-18(22)21(3)14(2)15-8-5-4-6-9-15/h4-14H,1-3H3,(H,20,22)/t13-,14-/m1/s1. The molecular formula is C18H21BrN2O. The molecule has 0 aliphatic heterocycles. The van der Waals surface area contributed by atoms with Gasteiger partial charge in [-0.2, -0.15) is 0 Å². The molecule has 3 nitrogen and oxygen atoms in total. The molecule has 2 aromatic carbocycles. The minimum absolute atomic E-state index is 0.0240. The minimum Gasteiger partial charge on any atom is -0.331 e. The number of carbonyl (C=O) groups is 1. The Morgan fingerprint density at radius 2 is 1.68 bits per heavy atom. The van der Waals surface area contributed by atoms with E-state index in [0.717, 1.165) is 15.6 Å². The van der Waals surface area contributed by atoms with Gasteiger partial charge in [-0.1, -0.05) is 58.4 Å². The monoisotopic (exact) mass is 360 g/mol. The SMILES string of the molecule is C[C@H](c1ccccc1)N(C)C(=O)N[C@H](C)c1cccc(Br)c1. The molecule has 0 aliphatic carbocycles. The molecule has 0 radical (unpaired) electrons. The summed E-state index contributed by atoms with van der Waals surface area (Å²) in [5.41, 5.74) is 2.19. The normalized spacial score (nSPS) is 13.3. The largest absolute Gasteiger partial charge is 0.331 e. The van der Waals surface area contributed by atoms with Crippen molar-refractivity contribution in [2.45, 2.75) is 25.9 Å². The van der Waals surface area contributed by atoms with Crippen LogP contribution in [0.5, 0.6) is 0 Å². The van der Waals surface area contributed by atoms with Gasteiger partial charge in [0, 0.05) is 11.5 Å². The Hall–Kier alpha value is -1.81. The molecule has 2 atom stereocenters. The molecule has 0 saturated heterocycles. The molecule has 0 aliphatic rings. The third kappa shape index (κ3) is 4.10. The average molecular weight is 361 g/mol. The smallest absolute Gasteiger partial charge is 0.318 e. The van der Waals surface area contributed by atoms with Crippen LogP contribution in [0.25, 0.3) is 0 Å². The molecule has 2 amide bonds. The minimum atomic E-state index is -0.0798. The molecule has 0 fully saturated rings. The van der Waals surface area contributed by atoms with Gasteiger partial charge < -0.3 is 10.2 Å². The number of rotatable bonds is 4. The molecule has 0 aromatic heterocycles. The zero-order valence-corrected chi connectivity index (χ0v) is 14.7. The van der Waals surface area contributed by atoms with Crippen molar-refractivity contribution in [3.05, 3.63) is 70.2 Å². The third-order valence-electron chi connectivity index (χ3n) is 3.87. The lowest BCUT2D eigenvalue weighted by molar-refractivity contribution is 0.191. The van der Waals surface area contributed by atoms with Crippen molar-refractivity contribution in [2.75, 3.05) is 7.05 Å². The Labute approximate surface area is 140 Å². The number of hydrogen-bond donors (Lipinski definition) is 1. The van der Waals surface area contributed by atoms with Crippen molar-refractivity contribution in [3.8, 4) is 0 Å². The summed E-state index contributed by atoms with van der Waals surface area (Å²) in [6.45, 7) is 4.01. The highest BCUT2D eigenvalue weighted by molar-refractivity contribution is 9.10.